The standard InChI is InChI=1S/C18H15ClO2/c1-21-17-10-9-13(19)11-16(17)18(20)15-8-4-6-12-5-2-3-7-14(12)15/h2-11,18,20H,1H3. The molecule has 3 aromatic rings. The Bertz CT molecular complexity index is 778. The largest absolute Gasteiger partial charge is 0.496 e. The van der Waals surface area contributed by atoms with Gasteiger partial charge in [0.25, 0.3) is 0 Å². The first-order valence-corrected chi connectivity index (χ1v) is 7.07. The summed E-state index contributed by atoms with van der Waals surface area (Å²) in [4.78, 5) is 0. The molecule has 0 aliphatic carbocycles. The first-order chi connectivity index (χ1) is 10.2. The van der Waals surface area contributed by atoms with Gasteiger partial charge in [-0.25, -0.2) is 0 Å². The molecule has 3 rings (SSSR count). The van der Waals surface area contributed by atoms with Crippen molar-refractivity contribution in [2.75, 3.05) is 7.11 Å². The number of methoxy groups -OCH3 is 1. The molecule has 1 atom stereocenters. The van der Waals surface area contributed by atoms with Crippen LogP contribution in [0.15, 0.2) is 60.7 Å². The van der Waals surface area contributed by atoms with Crippen LogP contribution in [0, 0.1) is 0 Å². The van der Waals surface area contributed by atoms with Crippen LogP contribution >= 0.6 is 11.6 Å². The van der Waals surface area contributed by atoms with Gasteiger partial charge >= 0.3 is 0 Å². The molecule has 0 spiro atoms. The van der Waals surface area contributed by atoms with E-state index in [0.717, 1.165) is 16.3 Å². The molecule has 0 aliphatic heterocycles. The van der Waals surface area contributed by atoms with E-state index in [1.807, 2.05) is 42.5 Å². The zero-order valence-corrected chi connectivity index (χ0v) is 12.3. The minimum atomic E-state index is -0.787. The lowest BCUT2D eigenvalue weighted by Crippen LogP contribution is -2.03. The van der Waals surface area contributed by atoms with Crippen molar-refractivity contribution in [1.82, 2.24) is 0 Å². The lowest BCUT2D eigenvalue weighted by molar-refractivity contribution is 0.216. The van der Waals surface area contributed by atoms with Crippen molar-refractivity contribution in [3.63, 3.8) is 0 Å². The maximum Gasteiger partial charge on any atom is 0.125 e. The fourth-order valence-electron chi connectivity index (χ4n) is 2.58. The Morgan fingerprint density at radius 2 is 1.71 bits per heavy atom. The van der Waals surface area contributed by atoms with Crippen molar-refractivity contribution in [3.8, 4) is 5.75 Å². The van der Waals surface area contributed by atoms with Gasteiger partial charge in [0, 0.05) is 10.6 Å². The quantitative estimate of drug-likeness (QED) is 0.766. The predicted octanol–water partition coefficient (Wildman–Crippen LogP) is 4.58. The molecule has 3 heteroatoms. The lowest BCUT2D eigenvalue weighted by Gasteiger charge is -2.17. The van der Waals surface area contributed by atoms with E-state index in [1.165, 1.54) is 0 Å². The molecule has 0 heterocycles. The lowest BCUT2D eigenvalue weighted by atomic mass is 9.95. The van der Waals surface area contributed by atoms with Gasteiger partial charge in [0.15, 0.2) is 0 Å². The van der Waals surface area contributed by atoms with E-state index in [-0.39, 0.29) is 0 Å². The maximum absolute atomic E-state index is 10.8. The monoisotopic (exact) mass is 298 g/mol. The number of rotatable bonds is 3. The molecule has 3 aromatic carbocycles. The van der Waals surface area contributed by atoms with Gasteiger partial charge in [0.2, 0.25) is 0 Å². The molecule has 1 N–H and O–H groups in total. The normalized spacial score (nSPS) is 12.3. The summed E-state index contributed by atoms with van der Waals surface area (Å²) >= 11 is 6.06. The molecule has 0 aromatic heterocycles. The van der Waals surface area contributed by atoms with E-state index in [0.29, 0.717) is 16.3 Å². The Hall–Kier alpha value is -2.03. The molecule has 21 heavy (non-hydrogen) atoms. The maximum atomic E-state index is 10.8. The Kier molecular flexibility index (Phi) is 3.82. The molecular formula is C18H15ClO2. The fourth-order valence-corrected chi connectivity index (χ4v) is 2.76. The molecule has 0 saturated carbocycles. The van der Waals surface area contributed by atoms with Crippen LogP contribution in [0.25, 0.3) is 10.8 Å². The number of halogens is 1. The van der Waals surface area contributed by atoms with Crippen molar-refractivity contribution in [2.45, 2.75) is 6.10 Å². The van der Waals surface area contributed by atoms with Gasteiger partial charge in [0.05, 0.1) is 7.11 Å². The number of fused-ring (bicyclic) bond motifs is 1. The number of aliphatic hydroxyl groups is 1. The summed E-state index contributed by atoms with van der Waals surface area (Å²) in [6.45, 7) is 0. The van der Waals surface area contributed by atoms with Gasteiger partial charge in [-0.05, 0) is 34.5 Å². The highest BCUT2D eigenvalue weighted by atomic mass is 35.5. The third-order valence-electron chi connectivity index (χ3n) is 3.60. The van der Waals surface area contributed by atoms with Crippen molar-refractivity contribution < 1.29 is 9.84 Å². The van der Waals surface area contributed by atoms with Crippen LogP contribution in [-0.4, -0.2) is 12.2 Å². The van der Waals surface area contributed by atoms with Crippen molar-refractivity contribution in [3.05, 3.63) is 76.8 Å². The summed E-state index contributed by atoms with van der Waals surface area (Å²) in [5.41, 5.74) is 1.51. The minimum Gasteiger partial charge on any atom is -0.496 e. The van der Waals surface area contributed by atoms with Crippen LogP contribution in [0.1, 0.15) is 17.2 Å². The van der Waals surface area contributed by atoms with Gasteiger partial charge in [-0.2, -0.15) is 0 Å². The van der Waals surface area contributed by atoms with Crippen LogP contribution in [0.3, 0.4) is 0 Å². The first-order valence-electron chi connectivity index (χ1n) is 6.70. The summed E-state index contributed by atoms with van der Waals surface area (Å²) in [5, 5.41) is 13.5. The molecule has 0 aliphatic rings. The Balaban J connectivity index is 2.17. The number of aliphatic hydroxyl groups excluding tert-OH is 1. The number of ether oxygens (including phenoxy) is 1. The highest BCUT2D eigenvalue weighted by molar-refractivity contribution is 6.30. The molecule has 0 saturated heterocycles. The average molecular weight is 299 g/mol. The second kappa shape index (κ2) is 5.76. The first kappa shape index (κ1) is 13.9. The average Bonchev–Trinajstić information content (AvgIpc) is 2.53. The van der Waals surface area contributed by atoms with Gasteiger partial charge in [0.1, 0.15) is 11.9 Å². The number of benzene rings is 3. The summed E-state index contributed by atoms with van der Waals surface area (Å²) in [6.07, 6.45) is -0.787. The third-order valence-corrected chi connectivity index (χ3v) is 3.84. The van der Waals surface area contributed by atoms with E-state index >= 15 is 0 Å². The smallest absolute Gasteiger partial charge is 0.125 e. The van der Waals surface area contributed by atoms with Crippen LogP contribution in [0.4, 0.5) is 0 Å². The molecule has 0 bridgehead atoms. The Morgan fingerprint density at radius 1 is 0.952 bits per heavy atom. The van der Waals surface area contributed by atoms with Gasteiger partial charge in [-0.1, -0.05) is 54.1 Å². The summed E-state index contributed by atoms with van der Waals surface area (Å²) < 4.78 is 5.34. The van der Waals surface area contributed by atoms with Crippen LogP contribution < -0.4 is 4.74 Å². The van der Waals surface area contributed by atoms with Gasteiger partial charge in [-0.15, -0.1) is 0 Å². The Morgan fingerprint density at radius 3 is 2.52 bits per heavy atom. The van der Waals surface area contributed by atoms with Crippen LogP contribution in [0.5, 0.6) is 5.75 Å². The summed E-state index contributed by atoms with van der Waals surface area (Å²) in [5.74, 6) is 0.625. The molecule has 0 fully saturated rings. The molecule has 106 valence electrons. The minimum absolute atomic E-state index is 0.574. The van der Waals surface area contributed by atoms with Crippen molar-refractivity contribution >= 4 is 22.4 Å². The van der Waals surface area contributed by atoms with E-state index in [2.05, 4.69) is 0 Å². The second-order valence-electron chi connectivity index (χ2n) is 4.86. The summed E-state index contributed by atoms with van der Waals surface area (Å²) in [7, 11) is 1.59. The van der Waals surface area contributed by atoms with E-state index < -0.39 is 6.10 Å². The molecule has 0 amide bonds. The van der Waals surface area contributed by atoms with Crippen LogP contribution in [-0.2, 0) is 0 Å². The SMILES string of the molecule is COc1ccc(Cl)cc1C(O)c1cccc2ccccc12. The van der Waals surface area contributed by atoms with Gasteiger partial charge in [-0.3, -0.25) is 0 Å². The van der Waals surface area contributed by atoms with Gasteiger partial charge < -0.3 is 9.84 Å². The molecule has 1 unspecified atom stereocenters. The number of hydrogen-bond acceptors (Lipinski definition) is 2. The van der Waals surface area contributed by atoms with Crippen molar-refractivity contribution in [1.29, 1.82) is 0 Å². The topological polar surface area (TPSA) is 29.5 Å². The second-order valence-corrected chi connectivity index (χ2v) is 5.29. The zero-order valence-electron chi connectivity index (χ0n) is 11.6. The fraction of sp³-hybridized carbons (Fsp3) is 0.111. The van der Waals surface area contributed by atoms with E-state index in [9.17, 15) is 5.11 Å². The predicted molar refractivity (Wildman–Crippen MR) is 86.0 cm³/mol. The van der Waals surface area contributed by atoms with Crippen LogP contribution in [0.2, 0.25) is 5.02 Å². The Labute approximate surface area is 128 Å². The van der Waals surface area contributed by atoms with E-state index in [4.69, 9.17) is 16.3 Å². The number of hydrogen-bond donors (Lipinski definition) is 1. The highest BCUT2D eigenvalue weighted by Crippen LogP contribution is 2.35. The molecule has 2 nitrogen and oxygen atoms in total. The molecule has 0 radical (unpaired) electrons. The third kappa shape index (κ3) is 2.60. The summed E-state index contributed by atoms with van der Waals surface area (Å²) in [6, 6.07) is 19.1. The van der Waals surface area contributed by atoms with Crippen molar-refractivity contribution in [2.24, 2.45) is 0 Å². The van der Waals surface area contributed by atoms with E-state index in [1.54, 1.807) is 25.3 Å². The molecular weight excluding hydrogens is 284 g/mol. The highest BCUT2D eigenvalue weighted by Gasteiger charge is 2.18. The zero-order chi connectivity index (χ0) is 14.8.